The van der Waals surface area contributed by atoms with Gasteiger partial charge < -0.3 is 10.4 Å². The number of rotatable bonds is 4. The van der Waals surface area contributed by atoms with Gasteiger partial charge >= 0.3 is 0 Å². The Bertz CT molecular complexity index is 406. The molecular weight excluding hydrogens is 238 g/mol. The lowest BCUT2D eigenvalue weighted by Gasteiger charge is -2.20. The first-order chi connectivity index (χ1) is 7.95. The van der Waals surface area contributed by atoms with Crippen LogP contribution in [0.4, 0.5) is 0 Å². The highest BCUT2D eigenvalue weighted by Crippen LogP contribution is 2.21. The van der Waals surface area contributed by atoms with Crippen LogP contribution in [0.15, 0.2) is 18.2 Å². The Balaban J connectivity index is 2.79. The van der Waals surface area contributed by atoms with Crippen LogP contribution < -0.4 is 5.32 Å². The molecule has 3 nitrogen and oxygen atoms in total. The van der Waals surface area contributed by atoms with E-state index in [1.165, 1.54) is 12.1 Å². The van der Waals surface area contributed by atoms with Gasteiger partial charge in [-0.25, -0.2) is 0 Å². The van der Waals surface area contributed by atoms with Crippen LogP contribution in [0.3, 0.4) is 0 Å². The Morgan fingerprint density at radius 2 is 2.12 bits per heavy atom. The van der Waals surface area contributed by atoms with Crippen molar-refractivity contribution in [2.45, 2.75) is 33.2 Å². The summed E-state index contributed by atoms with van der Waals surface area (Å²) in [5.74, 6) is 0.0429. The number of carbonyl (C=O) groups excluding carboxylic acids is 1. The van der Waals surface area contributed by atoms with E-state index in [1.807, 2.05) is 6.92 Å². The topological polar surface area (TPSA) is 49.3 Å². The third kappa shape index (κ3) is 3.63. The van der Waals surface area contributed by atoms with Gasteiger partial charge in [-0.2, -0.15) is 0 Å². The molecule has 0 fully saturated rings. The number of carbonyl (C=O) groups is 1. The Morgan fingerprint density at radius 3 is 2.71 bits per heavy atom. The van der Waals surface area contributed by atoms with Crippen molar-refractivity contribution < 1.29 is 9.90 Å². The Kier molecular flexibility index (Phi) is 4.82. The number of phenols is 1. The van der Waals surface area contributed by atoms with Gasteiger partial charge in [0.1, 0.15) is 5.75 Å². The Hall–Kier alpha value is -1.22. The summed E-state index contributed by atoms with van der Waals surface area (Å²) in [6.45, 7) is 6.10. The lowest BCUT2D eigenvalue weighted by atomic mass is 10.0. The van der Waals surface area contributed by atoms with Gasteiger partial charge in [-0.1, -0.05) is 31.9 Å². The number of hydrogen-bond donors (Lipinski definition) is 2. The van der Waals surface area contributed by atoms with E-state index in [0.29, 0.717) is 10.9 Å². The van der Waals surface area contributed by atoms with E-state index in [0.717, 1.165) is 6.42 Å². The van der Waals surface area contributed by atoms with E-state index in [2.05, 4.69) is 19.2 Å². The second-order valence-corrected chi connectivity index (χ2v) is 4.75. The number of halogens is 1. The van der Waals surface area contributed by atoms with E-state index in [1.54, 1.807) is 6.07 Å². The Labute approximate surface area is 107 Å². The fourth-order valence-electron chi connectivity index (χ4n) is 1.47. The van der Waals surface area contributed by atoms with Gasteiger partial charge in [-0.15, -0.1) is 0 Å². The molecule has 1 amide bonds. The minimum absolute atomic E-state index is 0.0525. The quantitative estimate of drug-likeness (QED) is 0.868. The minimum atomic E-state index is -0.294. The predicted octanol–water partition coefficient (Wildman–Crippen LogP) is 3.21. The van der Waals surface area contributed by atoms with Gasteiger partial charge in [-0.3, -0.25) is 4.79 Å². The van der Waals surface area contributed by atoms with E-state index in [4.69, 9.17) is 11.6 Å². The van der Waals surface area contributed by atoms with Gasteiger partial charge in [0, 0.05) is 11.1 Å². The van der Waals surface area contributed by atoms with E-state index in [9.17, 15) is 9.90 Å². The third-order valence-electron chi connectivity index (χ3n) is 3.06. The van der Waals surface area contributed by atoms with Crippen LogP contribution in [0.1, 0.15) is 37.6 Å². The molecule has 0 spiro atoms. The molecule has 2 atom stereocenters. The first-order valence-electron chi connectivity index (χ1n) is 5.75. The molecule has 0 saturated heterocycles. The van der Waals surface area contributed by atoms with Gasteiger partial charge in [0.25, 0.3) is 5.91 Å². The maximum atomic E-state index is 11.9. The molecule has 0 aliphatic rings. The molecule has 0 aliphatic heterocycles. The second kappa shape index (κ2) is 5.92. The number of nitrogens with one attached hydrogen (secondary N) is 1. The lowest BCUT2D eigenvalue weighted by molar-refractivity contribution is 0.0925. The van der Waals surface area contributed by atoms with Crippen molar-refractivity contribution >= 4 is 17.5 Å². The maximum Gasteiger partial charge on any atom is 0.255 e. The number of phenolic OH excluding ortho intramolecular Hbond substituents is 1. The molecule has 2 N–H and O–H groups in total. The summed E-state index contributed by atoms with van der Waals surface area (Å²) < 4.78 is 0. The number of aromatic hydroxyl groups is 1. The Morgan fingerprint density at radius 1 is 1.47 bits per heavy atom. The largest absolute Gasteiger partial charge is 0.507 e. The smallest absolute Gasteiger partial charge is 0.255 e. The van der Waals surface area contributed by atoms with E-state index in [-0.39, 0.29) is 23.3 Å². The zero-order valence-corrected chi connectivity index (χ0v) is 11.1. The average molecular weight is 256 g/mol. The summed E-state index contributed by atoms with van der Waals surface area (Å²) in [6, 6.07) is 4.50. The number of amides is 1. The molecule has 1 aromatic rings. The molecule has 1 rings (SSSR count). The standard InChI is InChI=1S/C13H18ClNO2/c1-4-8(2)9(3)15-13(17)11-7-10(14)5-6-12(11)16/h5-9,16H,4H2,1-3H3,(H,15,17). The van der Waals surface area contributed by atoms with Gasteiger partial charge in [0.15, 0.2) is 0 Å². The summed E-state index contributed by atoms with van der Waals surface area (Å²) in [5.41, 5.74) is 0.215. The van der Waals surface area contributed by atoms with Crippen LogP contribution in [0.25, 0.3) is 0 Å². The highest BCUT2D eigenvalue weighted by Gasteiger charge is 2.17. The summed E-state index contributed by atoms with van der Waals surface area (Å²) in [6.07, 6.45) is 0.989. The van der Waals surface area contributed by atoms with Crippen molar-refractivity contribution in [3.63, 3.8) is 0 Å². The summed E-state index contributed by atoms with van der Waals surface area (Å²) in [5, 5.41) is 12.9. The van der Waals surface area contributed by atoms with Gasteiger partial charge in [0.2, 0.25) is 0 Å². The molecule has 17 heavy (non-hydrogen) atoms. The minimum Gasteiger partial charge on any atom is -0.507 e. The summed E-state index contributed by atoms with van der Waals surface area (Å²) in [7, 11) is 0. The molecule has 0 heterocycles. The van der Waals surface area contributed by atoms with Crippen LogP contribution >= 0.6 is 11.6 Å². The molecule has 0 radical (unpaired) electrons. The van der Waals surface area contributed by atoms with Crippen molar-refractivity contribution in [1.82, 2.24) is 5.32 Å². The zero-order valence-electron chi connectivity index (χ0n) is 10.3. The lowest BCUT2D eigenvalue weighted by Crippen LogP contribution is -2.36. The molecule has 0 saturated carbocycles. The normalized spacial score (nSPS) is 14.1. The second-order valence-electron chi connectivity index (χ2n) is 4.31. The fraction of sp³-hybridized carbons (Fsp3) is 0.462. The van der Waals surface area contributed by atoms with Crippen molar-refractivity contribution in [2.75, 3.05) is 0 Å². The molecule has 0 bridgehead atoms. The van der Waals surface area contributed by atoms with Crippen LogP contribution in [0, 0.1) is 5.92 Å². The van der Waals surface area contributed by atoms with Crippen LogP contribution in [-0.4, -0.2) is 17.1 Å². The molecule has 0 aromatic heterocycles. The first-order valence-corrected chi connectivity index (χ1v) is 6.12. The predicted molar refractivity (Wildman–Crippen MR) is 69.5 cm³/mol. The van der Waals surface area contributed by atoms with E-state index < -0.39 is 0 Å². The number of hydrogen-bond acceptors (Lipinski definition) is 2. The average Bonchev–Trinajstić information content (AvgIpc) is 2.30. The van der Waals surface area contributed by atoms with Crippen LogP contribution in [0.2, 0.25) is 5.02 Å². The highest BCUT2D eigenvalue weighted by atomic mass is 35.5. The molecule has 2 unspecified atom stereocenters. The molecular formula is C13H18ClNO2. The summed E-state index contributed by atoms with van der Waals surface area (Å²) in [4.78, 5) is 11.9. The van der Waals surface area contributed by atoms with E-state index >= 15 is 0 Å². The van der Waals surface area contributed by atoms with Crippen molar-refractivity contribution in [3.05, 3.63) is 28.8 Å². The molecule has 0 aliphatic carbocycles. The van der Waals surface area contributed by atoms with Crippen LogP contribution in [0.5, 0.6) is 5.75 Å². The molecule has 94 valence electrons. The first kappa shape index (κ1) is 13.8. The van der Waals surface area contributed by atoms with Gasteiger partial charge in [0.05, 0.1) is 5.56 Å². The van der Waals surface area contributed by atoms with Crippen molar-refractivity contribution in [2.24, 2.45) is 5.92 Å². The van der Waals surface area contributed by atoms with Crippen molar-refractivity contribution in [1.29, 1.82) is 0 Å². The summed E-state index contributed by atoms with van der Waals surface area (Å²) >= 11 is 5.80. The SMILES string of the molecule is CCC(C)C(C)NC(=O)c1cc(Cl)ccc1O. The zero-order chi connectivity index (χ0) is 13.0. The maximum absolute atomic E-state index is 11.9. The third-order valence-corrected chi connectivity index (χ3v) is 3.29. The monoisotopic (exact) mass is 255 g/mol. The molecule has 4 heteroatoms. The fourth-order valence-corrected chi connectivity index (χ4v) is 1.64. The van der Waals surface area contributed by atoms with Crippen LogP contribution in [-0.2, 0) is 0 Å². The number of benzene rings is 1. The highest BCUT2D eigenvalue weighted by molar-refractivity contribution is 6.31. The molecule has 1 aromatic carbocycles. The van der Waals surface area contributed by atoms with Gasteiger partial charge in [-0.05, 0) is 31.0 Å². The van der Waals surface area contributed by atoms with Crippen molar-refractivity contribution in [3.8, 4) is 5.75 Å².